The lowest BCUT2D eigenvalue weighted by atomic mass is 10.2. The maximum atomic E-state index is 5.74. The highest BCUT2D eigenvalue weighted by Crippen LogP contribution is 2.15. The third kappa shape index (κ3) is 2.87. The quantitative estimate of drug-likeness (QED) is 0.805. The van der Waals surface area contributed by atoms with Gasteiger partial charge in [0.25, 0.3) is 0 Å². The van der Waals surface area contributed by atoms with Crippen LogP contribution in [0, 0.1) is 6.92 Å². The Kier molecular flexibility index (Phi) is 3.47. The second kappa shape index (κ2) is 5.04. The van der Waals surface area contributed by atoms with Crippen molar-refractivity contribution in [1.29, 1.82) is 0 Å². The molecule has 0 atom stereocenters. The van der Waals surface area contributed by atoms with E-state index in [0.29, 0.717) is 12.6 Å². The molecular formula is C14H18N2O. The number of aryl methyl sites for hydroxylation is 1. The summed E-state index contributed by atoms with van der Waals surface area (Å²) < 4.78 is 7.86. The number of hydrogen-bond acceptors (Lipinski definition) is 2. The van der Waals surface area contributed by atoms with Gasteiger partial charge in [0.05, 0.1) is 0 Å². The van der Waals surface area contributed by atoms with E-state index in [9.17, 15) is 0 Å². The van der Waals surface area contributed by atoms with E-state index in [0.717, 1.165) is 11.6 Å². The Hall–Kier alpha value is -1.77. The van der Waals surface area contributed by atoms with Crippen LogP contribution in [0.1, 0.15) is 31.3 Å². The molecule has 0 aliphatic rings. The maximum Gasteiger partial charge on any atom is 0.146 e. The van der Waals surface area contributed by atoms with Gasteiger partial charge in [-0.2, -0.15) is 0 Å². The zero-order valence-electron chi connectivity index (χ0n) is 10.6. The van der Waals surface area contributed by atoms with Crippen LogP contribution in [0.25, 0.3) is 0 Å². The average Bonchev–Trinajstić information content (AvgIpc) is 2.74. The summed E-state index contributed by atoms with van der Waals surface area (Å²) in [4.78, 5) is 4.31. The summed E-state index contributed by atoms with van der Waals surface area (Å²) in [5, 5.41) is 0. The van der Waals surface area contributed by atoms with Crippen molar-refractivity contribution >= 4 is 0 Å². The van der Waals surface area contributed by atoms with Crippen LogP contribution in [0.4, 0.5) is 0 Å². The van der Waals surface area contributed by atoms with Crippen molar-refractivity contribution in [2.24, 2.45) is 0 Å². The van der Waals surface area contributed by atoms with Gasteiger partial charge in [0.2, 0.25) is 0 Å². The lowest BCUT2D eigenvalue weighted by Gasteiger charge is -2.12. The Morgan fingerprint density at radius 3 is 2.88 bits per heavy atom. The third-order valence-electron chi connectivity index (χ3n) is 2.66. The minimum Gasteiger partial charge on any atom is -0.486 e. The van der Waals surface area contributed by atoms with Crippen molar-refractivity contribution in [3.05, 3.63) is 48.0 Å². The largest absolute Gasteiger partial charge is 0.486 e. The topological polar surface area (TPSA) is 27.1 Å². The van der Waals surface area contributed by atoms with Gasteiger partial charge in [0.1, 0.15) is 18.2 Å². The molecule has 0 bridgehead atoms. The van der Waals surface area contributed by atoms with Crippen molar-refractivity contribution in [3.63, 3.8) is 0 Å². The van der Waals surface area contributed by atoms with Crippen molar-refractivity contribution < 1.29 is 4.74 Å². The molecule has 0 saturated carbocycles. The van der Waals surface area contributed by atoms with E-state index in [2.05, 4.69) is 36.4 Å². The van der Waals surface area contributed by atoms with Gasteiger partial charge in [0, 0.05) is 18.4 Å². The molecule has 17 heavy (non-hydrogen) atoms. The van der Waals surface area contributed by atoms with E-state index in [1.807, 2.05) is 30.6 Å². The number of hydrogen-bond donors (Lipinski definition) is 0. The monoisotopic (exact) mass is 230 g/mol. The van der Waals surface area contributed by atoms with Crippen molar-refractivity contribution in [2.45, 2.75) is 33.4 Å². The summed E-state index contributed by atoms with van der Waals surface area (Å²) in [5.74, 6) is 1.85. The van der Waals surface area contributed by atoms with Gasteiger partial charge < -0.3 is 9.30 Å². The molecule has 1 heterocycles. The molecule has 0 aliphatic heterocycles. The third-order valence-corrected chi connectivity index (χ3v) is 2.66. The molecule has 0 spiro atoms. The fourth-order valence-electron chi connectivity index (χ4n) is 1.78. The van der Waals surface area contributed by atoms with Crippen LogP contribution in [-0.2, 0) is 6.61 Å². The zero-order valence-corrected chi connectivity index (χ0v) is 10.6. The van der Waals surface area contributed by atoms with Gasteiger partial charge in [-0.25, -0.2) is 4.98 Å². The summed E-state index contributed by atoms with van der Waals surface area (Å²) >= 11 is 0. The van der Waals surface area contributed by atoms with Crippen LogP contribution >= 0.6 is 0 Å². The molecule has 2 rings (SSSR count). The maximum absolute atomic E-state index is 5.74. The summed E-state index contributed by atoms with van der Waals surface area (Å²) in [6, 6.07) is 8.47. The van der Waals surface area contributed by atoms with Gasteiger partial charge in [-0.15, -0.1) is 0 Å². The molecular weight excluding hydrogens is 212 g/mol. The number of ether oxygens (including phenoxy) is 1. The van der Waals surface area contributed by atoms with Crippen molar-refractivity contribution in [3.8, 4) is 5.75 Å². The molecule has 3 heteroatoms. The molecule has 0 N–H and O–H groups in total. The van der Waals surface area contributed by atoms with Crippen LogP contribution < -0.4 is 4.74 Å². The molecule has 1 aromatic heterocycles. The van der Waals surface area contributed by atoms with Crippen molar-refractivity contribution in [1.82, 2.24) is 9.55 Å². The molecule has 0 amide bonds. The smallest absolute Gasteiger partial charge is 0.146 e. The SMILES string of the molecule is Cc1cccc(OCc2nccn2C(C)C)c1. The first kappa shape index (κ1) is 11.7. The normalized spacial score (nSPS) is 10.8. The fraction of sp³-hybridized carbons (Fsp3) is 0.357. The number of nitrogens with zero attached hydrogens (tertiary/aromatic N) is 2. The summed E-state index contributed by atoms with van der Waals surface area (Å²) in [5.41, 5.74) is 1.20. The summed E-state index contributed by atoms with van der Waals surface area (Å²) in [7, 11) is 0. The molecule has 0 fully saturated rings. The highest BCUT2D eigenvalue weighted by atomic mass is 16.5. The average molecular weight is 230 g/mol. The van der Waals surface area contributed by atoms with Gasteiger partial charge >= 0.3 is 0 Å². The zero-order chi connectivity index (χ0) is 12.3. The summed E-state index contributed by atoms with van der Waals surface area (Å²) in [6.07, 6.45) is 3.80. The van der Waals surface area contributed by atoms with E-state index in [4.69, 9.17) is 4.74 Å². The van der Waals surface area contributed by atoms with Gasteiger partial charge in [-0.1, -0.05) is 12.1 Å². The van der Waals surface area contributed by atoms with E-state index in [-0.39, 0.29) is 0 Å². The second-order valence-corrected chi connectivity index (χ2v) is 4.45. The van der Waals surface area contributed by atoms with Gasteiger partial charge in [0.15, 0.2) is 0 Å². The Morgan fingerprint density at radius 1 is 1.35 bits per heavy atom. The molecule has 0 radical (unpaired) electrons. The number of aromatic nitrogens is 2. The molecule has 90 valence electrons. The second-order valence-electron chi connectivity index (χ2n) is 4.45. The highest BCUT2D eigenvalue weighted by Gasteiger charge is 2.06. The van der Waals surface area contributed by atoms with Crippen LogP contribution in [0.3, 0.4) is 0 Å². The molecule has 3 nitrogen and oxygen atoms in total. The molecule has 2 aromatic rings. The summed E-state index contributed by atoms with van der Waals surface area (Å²) in [6.45, 7) is 6.84. The fourth-order valence-corrected chi connectivity index (χ4v) is 1.78. The number of benzene rings is 1. The molecule has 1 aromatic carbocycles. The predicted octanol–water partition coefficient (Wildman–Crippen LogP) is 3.35. The first-order valence-electron chi connectivity index (χ1n) is 5.88. The Balaban J connectivity index is 2.05. The van der Waals surface area contributed by atoms with E-state index in [1.54, 1.807) is 0 Å². The molecule has 0 unspecified atom stereocenters. The van der Waals surface area contributed by atoms with Crippen LogP contribution in [-0.4, -0.2) is 9.55 Å². The number of imidazole rings is 1. The highest BCUT2D eigenvalue weighted by molar-refractivity contribution is 5.27. The molecule has 0 aliphatic carbocycles. The first-order valence-corrected chi connectivity index (χ1v) is 5.88. The van der Waals surface area contributed by atoms with Crippen LogP contribution in [0.2, 0.25) is 0 Å². The van der Waals surface area contributed by atoms with E-state index >= 15 is 0 Å². The van der Waals surface area contributed by atoms with E-state index in [1.165, 1.54) is 5.56 Å². The van der Waals surface area contributed by atoms with E-state index < -0.39 is 0 Å². The minimum atomic E-state index is 0.411. The predicted molar refractivity (Wildman–Crippen MR) is 68.1 cm³/mol. The number of rotatable bonds is 4. The first-order chi connectivity index (χ1) is 8.16. The lowest BCUT2D eigenvalue weighted by molar-refractivity contribution is 0.286. The standard InChI is InChI=1S/C14H18N2O/c1-11(2)16-8-7-15-14(16)10-17-13-6-4-5-12(3)9-13/h4-9,11H,10H2,1-3H3. The molecule has 0 saturated heterocycles. The van der Waals surface area contributed by atoms with Gasteiger partial charge in [-0.05, 0) is 38.5 Å². The Morgan fingerprint density at radius 2 is 2.18 bits per heavy atom. The van der Waals surface area contributed by atoms with Crippen LogP contribution in [0.15, 0.2) is 36.7 Å². The minimum absolute atomic E-state index is 0.411. The van der Waals surface area contributed by atoms with Crippen LogP contribution in [0.5, 0.6) is 5.75 Å². The van der Waals surface area contributed by atoms with Gasteiger partial charge in [-0.3, -0.25) is 0 Å². The lowest BCUT2D eigenvalue weighted by Crippen LogP contribution is -2.08. The van der Waals surface area contributed by atoms with Crippen molar-refractivity contribution in [2.75, 3.05) is 0 Å². The Labute approximate surface area is 102 Å². The Bertz CT molecular complexity index is 488.